The van der Waals surface area contributed by atoms with E-state index in [1.54, 1.807) is 0 Å². The van der Waals surface area contributed by atoms with Gasteiger partial charge in [-0.1, -0.05) is 20.8 Å². The lowest BCUT2D eigenvalue weighted by molar-refractivity contribution is -0.103. The zero-order valence-corrected chi connectivity index (χ0v) is 12.2. The molecule has 2 saturated heterocycles. The first kappa shape index (κ1) is 14.3. The Kier molecular flexibility index (Phi) is 5.05. The zero-order chi connectivity index (χ0) is 13.0. The molecule has 0 aromatic rings. The molecule has 0 aliphatic carbocycles. The van der Waals surface area contributed by atoms with Gasteiger partial charge in [-0.2, -0.15) is 0 Å². The summed E-state index contributed by atoms with van der Waals surface area (Å²) in [5.74, 6) is 1.51. The van der Waals surface area contributed by atoms with Gasteiger partial charge >= 0.3 is 0 Å². The van der Waals surface area contributed by atoms with E-state index < -0.39 is 0 Å². The van der Waals surface area contributed by atoms with Crippen molar-refractivity contribution in [3.05, 3.63) is 0 Å². The van der Waals surface area contributed by atoms with E-state index in [2.05, 4.69) is 26.1 Å². The van der Waals surface area contributed by atoms with E-state index in [4.69, 9.17) is 9.47 Å². The Morgan fingerprint density at radius 2 is 2.17 bits per heavy atom. The number of ether oxygens (including phenoxy) is 2. The molecule has 0 radical (unpaired) electrons. The maximum absolute atomic E-state index is 6.04. The van der Waals surface area contributed by atoms with Gasteiger partial charge in [-0.3, -0.25) is 0 Å². The number of hydrogen-bond donors (Lipinski definition) is 1. The molecule has 1 spiro atoms. The van der Waals surface area contributed by atoms with Gasteiger partial charge in [0.15, 0.2) is 0 Å². The average Bonchev–Trinajstić information content (AvgIpc) is 2.76. The molecule has 0 aromatic carbocycles. The van der Waals surface area contributed by atoms with Crippen LogP contribution in [-0.2, 0) is 9.47 Å². The van der Waals surface area contributed by atoms with Crippen LogP contribution in [0.4, 0.5) is 0 Å². The Balaban J connectivity index is 1.96. The number of hydrogen-bond acceptors (Lipinski definition) is 3. The summed E-state index contributed by atoms with van der Waals surface area (Å²) in [4.78, 5) is 0. The van der Waals surface area contributed by atoms with Gasteiger partial charge in [-0.25, -0.2) is 0 Å². The van der Waals surface area contributed by atoms with Gasteiger partial charge in [0.2, 0.25) is 0 Å². The lowest BCUT2D eigenvalue weighted by atomic mass is 9.79. The second-order valence-corrected chi connectivity index (χ2v) is 6.38. The van der Waals surface area contributed by atoms with Crippen LogP contribution in [0.3, 0.4) is 0 Å². The standard InChI is InChI=1S/C15H29NO2/c1-4-16-14(9-12(2)3)13-5-7-18-15(10-13)6-8-17-11-15/h12-14,16H,4-11H2,1-3H3. The average molecular weight is 255 g/mol. The molecule has 3 nitrogen and oxygen atoms in total. The highest BCUT2D eigenvalue weighted by atomic mass is 16.6. The van der Waals surface area contributed by atoms with E-state index in [9.17, 15) is 0 Å². The van der Waals surface area contributed by atoms with Crippen LogP contribution in [0.15, 0.2) is 0 Å². The predicted molar refractivity (Wildman–Crippen MR) is 73.8 cm³/mol. The molecule has 3 atom stereocenters. The van der Waals surface area contributed by atoms with Crippen LogP contribution in [0.1, 0.15) is 46.5 Å². The Labute approximate surface area is 112 Å². The first-order chi connectivity index (χ1) is 8.65. The Bertz CT molecular complexity index is 249. The molecule has 106 valence electrons. The van der Waals surface area contributed by atoms with Gasteiger partial charge in [-0.05, 0) is 37.6 Å². The van der Waals surface area contributed by atoms with Gasteiger partial charge in [0, 0.05) is 25.7 Å². The van der Waals surface area contributed by atoms with E-state index in [1.165, 1.54) is 19.3 Å². The minimum Gasteiger partial charge on any atom is -0.378 e. The predicted octanol–water partition coefficient (Wildman–Crippen LogP) is 2.60. The lowest BCUT2D eigenvalue weighted by Gasteiger charge is -2.41. The van der Waals surface area contributed by atoms with Gasteiger partial charge < -0.3 is 14.8 Å². The summed E-state index contributed by atoms with van der Waals surface area (Å²) in [7, 11) is 0. The third-order valence-corrected chi connectivity index (χ3v) is 4.36. The maximum atomic E-state index is 6.04. The second kappa shape index (κ2) is 6.36. The van der Waals surface area contributed by atoms with Crippen molar-refractivity contribution in [3.63, 3.8) is 0 Å². The van der Waals surface area contributed by atoms with Crippen molar-refractivity contribution in [3.8, 4) is 0 Å². The molecule has 2 heterocycles. The number of nitrogens with one attached hydrogen (secondary N) is 1. The van der Waals surface area contributed by atoms with Crippen molar-refractivity contribution in [2.75, 3.05) is 26.4 Å². The maximum Gasteiger partial charge on any atom is 0.0939 e. The van der Waals surface area contributed by atoms with Crippen LogP contribution >= 0.6 is 0 Å². The summed E-state index contributed by atoms with van der Waals surface area (Å²) in [5.41, 5.74) is 0.0492. The first-order valence-corrected chi connectivity index (χ1v) is 7.60. The monoisotopic (exact) mass is 255 g/mol. The topological polar surface area (TPSA) is 30.5 Å². The fourth-order valence-electron chi connectivity index (χ4n) is 3.48. The third-order valence-electron chi connectivity index (χ3n) is 4.36. The Morgan fingerprint density at radius 3 is 2.78 bits per heavy atom. The molecule has 2 fully saturated rings. The van der Waals surface area contributed by atoms with Gasteiger partial charge in [-0.15, -0.1) is 0 Å². The van der Waals surface area contributed by atoms with Gasteiger partial charge in [0.05, 0.1) is 12.2 Å². The van der Waals surface area contributed by atoms with Gasteiger partial charge in [0.25, 0.3) is 0 Å². The molecule has 0 aromatic heterocycles. The zero-order valence-electron chi connectivity index (χ0n) is 12.2. The lowest BCUT2D eigenvalue weighted by Crippen LogP contribution is -2.47. The normalized spacial score (nSPS) is 34.3. The molecule has 2 aliphatic heterocycles. The van der Waals surface area contributed by atoms with E-state index in [-0.39, 0.29) is 5.60 Å². The highest BCUT2D eigenvalue weighted by molar-refractivity contribution is 4.93. The second-order valence-electron chi connectivity index (χ2n) is 6.38. The third kappa shape index (κ3) is 3.46. The highest BCUT2D eigenvalue weighted by Gasteiger charge is 2.42. The van der Waals surface area contributed by atoms with Crippen LogP contribution in [-0.4, -0.2) is 38.0 Å². The summed E-state index contributed by atoms with van der Waals surface area (Å²) < 4.78 is 11.6. The molecule has 0 bridgehead atoms. The summed E-state index contributed by atoms with van der Waals surface area (Å²) in [6.45, 7) is 10.5. The molecule has 2 rings (SSSR count). The fourth-order valence-corrected chi connectivity index (χ4v) is 3.48. The minimum atomic E-state index is 0.0492. The molecule has 0 amide bonds. The number of rotatable bonds is 5. The van der Waals surface area contributed by atoms with Crippen molar-refractivity contribution >= 4 is 0 Å². The van der Waals surface area contributed by atoms with Crippen molar-refractivity contribution in [2.24, 2.45) is 11.8 Å². The van der Waals surface area contributed by atoms with E-state index in [0.29, 0.717) is 6.04 Å². The van der Waals surface area contributed by atoms with Crippen molar-refractivity contribution in [1.29, 1.82) is 0 Å². The summed E-state index contributed by atoms with van der Waals surface area (Å²) in [6.07, 6.45) is 4.74. The molecule has 0 saturated carbocycles. The van der Waals surface area contributed by atoms with Crippen LogP contribution in [0, 0.1) is 11.8 Å². The first-order valence-electron chi connectivity index (χ1n) is 7.60. The van der Waals surface area contributed by atoms with Crippen molar-refractivity contribution < 1.29 is 9.47 Å². The molecular weight excluding hydrogens is 226 g/mol. The van der Waals surface area contributed by atoms with Crippen LogP contribution in [0.2, 0.25) is 0 Å². The van der Waals surface area contributed by atoms with E-state index in [1.807, 2.05) is 0 Å². The van der Waals surface area contributed by atoms with Gasteiger partial charge in [0.1, 0.15) is 0 Å². The molecule has 3 heteroatoms. The molecular formula is C15H29NO2. The van der Waals surface area contributed by atoms with Crippen molar-refractivity contribution in [1.82, 2.24) is 5.32 Å². The van der Waals surface area contributed by atoms with E-state index >= 15 is 0 Å². The minimum absolute atomic E-state index is 0.0492. The van der Waals surface area contributed by atoms with Crippen LogP contribution in [0.25, 0.3) is 0 Å². The van der Waals surface area contributed by atoms with Crippen LogP contribution < -0.4 is 5.32 Å². The Hall–Kier alpha value is -0.120. The SMILES string of the molecule is CCNC(CC(C)C)C1CCOC2(CCOC2)C1. The fraction of sp³-hybridized carbons (Fsp3) is 1.00. The summed E-state index contributed by atoms with van der Waals surface area (Å²) >= 11 is 0. The molecule has 18 heavy (non-hydrogen) atoms. The Morgan fingerprint density at radius 1 is 1.33 bits per heavy atom. The smallest absolute Gasteiger partial charge is 0.0939 e. The van der Waals surface area contributed by atoms with E-state index in [0.717, 1.165) is 44.6 Å². The van der Waals surface area contributed by atoms with Crippen LogP contribution in [0.5, 0.6) is 0 Å². The van der Waals surface area contributed by atoms with Crippen molar-refractivity contribution in [2.45, 2.75) is 58.1 Å². The molecule has 2 aliphatic rings. The quantitative estimate of drug-likeness (QED) is 0.819. The molecule has 3 unspecified atom stereocenters. The summed E-state index contributed by atoms with van der Waals surface area (Å²) in [6, 6.07) is 0.649. The summed E-state index contributed by atoms with van der Waals surface area (Å²) in [5, 5.41) is 3.69. The highest BCUT2D eigenvalue weighted by Crippen LogP contribution is 2.38. The molecule has 1 N–H and O–H groups in total. The largest absolute Gasteiger partial charge is 0.378 e.